The first-order valence-electron chi connectivity index (χ1n) is 17.2. The molecule has 6 aromatic carbocycles. The summed E-state index contributed by atoms with van der Waals surface area (Å²) in [6.07, 6.45) is 2.09. The van der Waals surface area contributed by atoms with Gasteiger partial charge in [0.2, 0.25) is 0 Å². The van der Waals surface area contributed by atoms with Crippen LogP contribution in [0.3, 0.4) is 0 Å². The summed E-state index contributed by atoms with van der Waals surface area (Å²) in [6, 6.07) is 27.3. The minimum Gasteiger partial charge on any atom is -0.505 e. The van der Waals surface area contributed by atoms with Gasteiger partial charge in [-0.1, -0.05) is 37.3 Å². The quantitative estimate of drug-likeness (QED) is 0.0658. The summed E-state index contributed by atoms with van der Waals surface area (Å²) in [4.78, 5) is 24.9. The minimum absolute atomic E-state index is 0.112. The van der Waals surface area contributed by atoms with Gasteiger partial charge in [0, 0.05) is 40.6 Å². The lowest BCUT2D eigenvalue weighted by Gasteiger charge is -2.33. The fourth-order valence-corrected chi connectivity index (χ4v) is 7.33. The molecule has 0 spiro atoms. The molecule has 14 nitrogen and oxygen atoms in total. The van der Waals surface area contributed by atoms with Gasteiger partial charge in [0.15, 0.2) is 5.75 Å². The number of phenols is 1. The maximum absolute atomic E-state index is 12.5. The summed E-state index contributed by atoms with van der Waals surface area (Å²) < 4.78 is 35.1. The highest BCUT2D eigenvalue weighted by molar-refractivity contribution is 7.86. The van der Waals surface area contributed by atoms with Crippen LogP contribution in [-0.4, -0.2) is 53.3 Å². The molecule has 1 aliphatic heterocycles. The van der Waals surface area contributed by atoms with Crippen molar-refractivity contribution >= 4 is 83.4 Å². The minimum atomic E-state index is -4.87. The average Bonchev–Trinajstić information content (AvgIpc) is 3.16. The fourth-order valence-electron chi connectivity index (χ4n) is 6.67. The van der Waals surface area contributed by atoms with Gasteiger partial charge in [0.25, 0.3) is 10.1 Å². The number of carbonyl (C=O) groups is 2. The predicted molar refractivity (Wildman–Crippen MR) is 208 cm³/mol. The number of azo groups is 2. The number of aromatic hydroxyl groups is 1. The summed E-state index contributed by atoms with van der Waals surface area (Å²) in [5.74, 6) is -2.20. The molecule has 1 fully saturated rings. The van der Waals surface area contributed by atoms with Crippen LogP contribution in [0.15, 0.2) is 128 Å². The number of fused-ring (bicyclic) bond motifs is 2. The topological polar surface area (TPSA) is 214 Å². The molecule has 1 heterocycles. The Labute approximate surface area is 314 Å². The van der Waals surface area contributed by atoms with E-state index in [1.54, 1.807) is 78.9 Å². The fraction of sp³-hybridized carbons (Fsp3) is 0.150. The van der Waals surface area contributed by atoms with Crippen molar-refractivity contribution in [1.29, 1.82) is 0 Å². The molecule has 0 aromatic heterocycles. The van der Waals surface area contributed by atoms with E-state index in [9.17, 15) is 37.9 Å². The molecule has 0 aliphatic carbocycles. The highest BCUT2D eigenvalue weighted by atomic mass is 32.2. The zero-order chi connectivity index (χ0) is 38.9. The van der Waals surface area contributed by atoms with E-state index in [1.165, 1.54) is 24.3 Å². The van der Waals surface area contributed by atoms with E-state index in [0.717, 1.165) is 25.9 Å². The third-order valence-electron chi connectivity index (χ3n) is 9.37. The molecule has 278 valence electrons. The number of nitrogens with zero attached hydrogens (tertiary/aromatic N) is 5. The zero-order valence-corrected chi connectivity index (χ0v) is 30.1. The lowest BCUT2D eigenvalue weighted by atomic mass is 9.98. The third kappa shape index (κ3) is 7.83. The van der Waals surface area contributed by atoms with Gasteiger partial charge in [-0.05, 0) is 96.9 Å². The summed E-state index contributed by atoms with van der Waals surface area (Å²) in [6.45, 7) is 3.71. The van der Waals surface area contributed by atoms with Gasteiger partial charge in [0.05, 0.1) is 33.9 Å². The van der Waals surface area contributed by atoms with E-state index >= 15 is 0 Å². The number of nitrogens with one attached hydrogen (secondary N) is 1. The van der Waals surface area contributed by atoms with Gasteiger partial charge < -0.3 is 25.5 Å². The lowest BCUT2D eigenvalue weighted by Crippen LogP contribution is -2.35. The summed E-state index contributed by atoms with van der Waals surface area (Å²) in [5, 5.41) is 52.5. The molecule has 0 bridgehead atoms. The zero-order valence-electron chi connectivity index (χ0n) is 29.3. The monoisotopic (exact) mass is 758 g/mol. The van der Waals surface area contributed by atoms with Crippen LogP contribution in [0.5, 0.6) is 5.75 Å². The predicted octanol–water partition coefficient (Wildman–Crippen LogP) is 10.2. The smallest absolute Gasteiger partial charge is 0.337 e. The Morgan fingerprint density at radius 1 is 0.764 bits per heavy atom. The molecule has 7 rings (SSSR count). The van der Waals surface area contributed by atoms with Crippen molar-refractivity contribution in [2.45, 2.75) is 24.7 Å². The van der Waals surface area contributed by atoms with E-state index in [-0.39, 0.29) is 16.5 Å². The van der Waals surface area contributed by atoms with Gasteiger partial charge in [-0.2, -0.15) is 13.5 Å². The Balaban J connectivity index is 1.21. The van der Waals surface area contributed by atoms with Crippen LogP contribution < -0.4 is 10.2 Å². The van der Waals surface area contributed by atoms with Crippen LogP contribution in [0.25, 0.3) is 21.5 Å². The molecule has 1 saturated heterocycles. The highest BCUT2D eigenvalue weighted by Gasteiger charge is 2.24. The summed E-state index contributed by atoms with van der Waals surface area (Å²) in [5.41, 5.74) is 2.59. The third-order valence-corrected chi connectivity index (χ3v) is 10.2. The van der Waals surface area contributed by atoms with Crippen molar-refractivity contribution in [2.24, 2.45) is 26.4 Å². The number of rotatable bonds is 10. The second-order valence-electron chi connectivity index (χ2n) is 13.2. The summed E-state index contributed by atoms with van der Waals surface area (Å²) >= 11 is 0. The van der Waals surface area contributed by atoms with E-state index in [4.69, 9.17) is 0 Å². The van der Waals surface area contributed by atoms with E-state index in [2.05, 4.69) is 37.6 Å². The second-order valence-corrected chi connectivity index (χ2v) is 14.6. The molecular formula is C40H34N6O8S. The molecule has 0 radical (unpaired) electrons. The van der Waals surface area contributed by atoms with Crippen molar-refractivity contribution in [3.63, 3.8) is 0 Å². The number of carboxylic acid groups (broad SMARTS) is 2. The molecule has 1 unspecified atom stereocenters. The van der Waals surface area contributed by atoms with Gasteiger partial charge in [-0.3, -0.25) is 4.55 Å². The van der Waals surface area contributed by atoms with Gasteiger partial charge in [-0.15, -0.1) is 15.3 Å². The first-order valence-corrected chi connectivity index (χ1v) is 18.6. The molecular weight excluding hydrogens is 725 g/mol. The van der Waals surface area contributed by atoms with Crippen molar-refractivity contribution < 1.29 is 37.9 Å². The van der Waals surface area contributed by atoms with Crippen LogP contribution in [-0.2, 0) is 10.1 Å². The first kappa shape index (κ1) is 36.6. The Kier molecular flexibility index (Phi) is 9.97. The number of anilines is 3. The first-order chi connectivity index (χ1) is 26.4. The largest absolute Gasteiger partial charge is 0.505 e. The Hall–Kier alpha value is -6.71. The van der Waals surface area contributed by atoms with Gasteiger partial charge >= 0.3 is 11.9 Å². The van der Waals surface area contributed by atoms with E-state index in [1.807, 2.05) is 0 Å². The number of hydrogen-bond donors (Lipinski definition) is 5. The Morgan fingerprint density at radius 2 is 1.44 bits per heavy atom. The lowest BCUT2D eigenvalue weighted by molar-refractivity contribution is 0.0686. The molecule has 1 aliphatic rings. The van der Waals surface area contributed by atoms with Crippen LogP contribution in [0.2, 0.25) is 0 Å². The number of piperidine rings is 1. The van der Waals surface area contributed by atoms with E-state index in [0.29, 0.717) is 56.2 Å². The molecule has 55 heavy (non-hydrogen) atoms. The average molecular weight is 759 g/mol. The number of carboxylic acids is 2. The van der Waals surface area contributed by atoms with Crippen LogP contribution >= 0.6 is 0 Å². The molecule has 0 saturated carbocycles. The maximum atomic E-state index is 12.5. The normalized spacial score (nSPS) is 14.9. The van der Waals surface area contributed by atoms with Crippen LogP contribution in [0.1, 0.15) is 40.5 Å². The van der Waals surface area contributed by atoms with Crippen molar-refractivity contribution in [3.8, 4) is 5.75 Å². The van der Waals surface area contributed by atoms with Crippen molar-refractivity contribution in [1.82, 2.24) is 0 Å². The SMILES string of the molecule is CC1CCCN(c2ccc(N=Nc3ccc(N=Nc4c(S(=O)(=O)O)cc5ccc(Nc6ccc(C(=O)O)cc6)cc5c4O)c4ccccc34)cc2C(=O)O)C1. The van der Waals surface area contributed by atoms with Gasteiger partial charge in [0.1, 0.15) is 10.6 Å². The van der Waals surface area contributed by atoms with Crippen molar-refractivity contribution in [3.05, 3.63) is 114 Å². The molecule has 0 amide bonds. The van der Waals surface area contributed by atoms with Crippen molar-refractivity contribution in [2.75, 3.05) is 23.3 Å². The Morgan fingerprint density at radius 3 is 2.07 bits per heavy atom. The highest BCUT2D eigenvalue weighted by Crippen LogP contribution is 2.43. The second kappa shape index (κ2) is 15.0. The van der Waals surface area contributed by atoms with Crippen LogP contribution in [0, 0.1) is 5.92 Å². The number of aromatic carboxylic acids is 2. The summed E-state index contributed by atoms with van der Waals surface area (Å²) in [7, 11) is -4.87. The standard InChI is InChI=1S/C40H34N6O8S/c1-23-5-4-18-46(22-23)35-17-14-28(21-32(35)40(50)51)42-43-33-15-16-34(30-7-3-2-6-29(30)33)44-45-37-36(55(52,53)54)19-25-10-13-27(20-31(25)38(37)47)41-26-11-8-24(9-12-26)39(48)49/h2-3,6-17,19-21,23,41,47H,4-5,18,22H2,1H3,(H,48,49)(H,50,51)(H,52,53,54). The molecule has 15 heteroatoms. The molecule has 1 atom stereocenters. The molecule has 6 aromatic rings. The number of hydrogen-bond acceptors (Lipinski definition) is 11. The molecule has 5 N–H and O–H groups in total. The van der Waals surface area contributed by atoms with Gasteiger partial charge in [-0.25, -0.2) is 9.59 Å². The number of benzene rings is 6. The number of phenolic OH excluding ortho intramolecular Hbond substituents is 1. The van der Waals surface area contributed by atoms with Crippen LogP contribution in [0.4, 0.5) is 39.8 Å². The maximum Gasteiger partial charge on any atom is 0.337 e. The van der Waals surface area contributed by atoms with E-state index < -0.39 is 38.4 Å². The Bertz CT molecular complexity index is 2660.